The van der Waals surface area contributed by atoms with Gasteiger partial charge in [0, 0.05) is 5.69 Å². The fourth-order valence-electron chi connectivity index (χ4n) is 3.12. The van der Waals surface area contributed by atoms with Gasteiger partial charge >= 0.3 is 0 Å². The number of para-hydroxylation sites is 1. The Morgan fingerprint density at radius 1 is 1.04 bits per heavy atom. The fourth-order valence-corrected chi connectivity index (χ4v) is 3.12. The lowest BCUT2D eigenvalue weighted by Crippen LogP contribution is -2.15. The van der Waals surface area contributed by atoms with Gasteiger partial charge in [0.05, 0.1) is 29.7 Å². The van der Waals surface area contributed by atoms with Crippen LogP contribution in [0.4, 0.5) is 5.69 Å². The van der Waals surface area contributed by atoms with Crippen molar-refractivity contribution in [2.75, 3.05) is 12.4 Å². The van der Waals surface area contributed by atoms with E-state index < -0.39 is 0 Å². The third-order valence-corrected chi connectivity index (χ3v) is 4.51. The zero-order valence-corrected chi connectivity index (χ0v) is 15.8. The van der Waals surface area contributed by atoms with Gasteiger partial charge in [-0.3, -0.25) is 4.79 Å². The second-order valence-corrected chi connectivity index (χ2v) is 6.38. The van der Waals surface area contributed by atoms with Crippen LogP contribution in [0.15, 0.2) is 42.5 Å². The molecule has 0 aliphatic carbocycles. The molecule has 1 heterocycles. The number of rotatable bonds is 4. The van der Waals surface area contributed by atoms with Gasteiger partial charge in [0.15, 0.2) is 0 Å². The molecule has 0 fully saturated rings. The number of nitrogens with zero attached hydrogens (tertiary/aromatic N) is 2. The first-order valence-corrected chi connectivity index (χ1v) is 8.50. The smallest absolute Gasteiger partial charge is 0.259 e. The molecule has 5 nitrogen and oxygen atoms in total. The van der Waals surface area contributed by atoms with E-state index >= 15 is 0 Å². The monoisotopic (exact) mass is 349 g/mol. The normalized spacial score (nSPS) is 10.7. The molecule has 2 aromatic carbocycles. The summed E-state index contributed by atoms with van der Waals surface area (Å²) >= 11 is 0. The minimum Gasteiger partial charge on any atom is -0.496 e. The van der Waals surface area contributed by atoms with Crippen molar-refractivity contribution in [3.8, 4) is 11.4 Å². The quantitative estimate of drug-likeness (QED) is 0.761. The third-order valence-electron chi connectivity index (χ3n) is 4.51. The van der Waals surface area contributed by atoms with E-state index in [4.69, 9.17) is 4.74 Å². The second-order valence-electron chi connectivity index (χ2n) is 6.38. The zero-order chi connectivity index (χ0) is 18.8. The highest BCUT2D eigenvalue weighted by molar-refractivity contribution is 6.06. The van der Waals surface area contributed by atoms with Crippen molar-refractivity contribution >= 4 is 11.6 Å². The summed E-state index contributed by atoms with van der Waals surface area (Å²) in [5.74, 6) is 0.652. The minimum atomic E-state index is -0.158. The van der Waals surface area contributed by atoms with Gasteiger partial charge in [0.25, 0.3) is 5.91 Å². The van der Waals surface area contributed by atoms with E-state index in [-0.39, 0.29) is 5.91 Å². The maximum absolute atomic E-state index is 12.9. The van der Waals surface area contributed by atoms with E-state index in [1.807, 2.05) is 70.2 Å². The van der Waals surface area contributed by atoms with E-state index in [9.17, 15) is 4.79 Å². The number of aromatic nitrogens is 2. The lowest BCUT2D eigenvalue weighted by Gasteiger charge is -2.13. The van der Waals surface area contributed by atoms with E-state index in [1.165, 1.54) is 0 Å². The summed E-state index contributed by atoms with van der Waals surface area (Å²) in [7, 11) is 1.64. The molecule has 3 rings (SSSR count). The third kappa shape index (κ3) is 3.20. The molecule has 5 heteroatoms. The summed E-state index contributed by atoms with van der Waals surface area (Å²) in [6.45, 7) is 7.67. The first-order valence-electron chi connectivity index (χ1n) is 8.50. The van der Waals surface area contributed by atoms with Crippen molar-refractivity contribution in [2.24, 2.45) is 0 Å². The molecule has 0 spiro atoms. The molecule has 0 saturated heterocycles. The van der Waals surface area contributed by atoms with Crippen LogP contribution in [0.1, 0.15) is 32.9 Å². The molecule has 0 aliphatic heterocycles. The topological polar surface area (TPSA) is 56.1 Å². The van der Waals surface area contributed by atoms with Crippen LogP contribution in [0.2, 0.25) is 0 Å². The molecule has 0 unspecified atom stereocenters. The number of hydrogen-bond donors (Lipinski definition) is 1. The molecule has 0 saturated carbocycles. The van der Waals surface area contributed by atoms with Gasteiger partial charge in [0.1, 0.15) is 5.75 Å². The lowest BCUT2D eigenvalue weighted by atomic mass is 10.1. The first-order chi connectivity index (χ1) is 12.4. The van der Waals surface area contributed by atoms with E-state index in [2.05, 4.69) is 10.4 Å². The van der Waals surface area contributed by atoms with Crippen LogP contribution in [0.3, 0.4) is 0 Å². The number of methoxy groups -OCH3 is 1. The number of aryl methyl sites for hydroxylation is 3. The van der Waals surface area contributed by atoms with E-state index in [0.29, 0.717) is 11.3 Å². The number of anilines is 1. The van der Waals surface area contributed by atoms with Crippen molar-refractivity contribution < 1.29 is 9.53 Å². The Morgan fingerprint density at radius 2 is 1.73 bits per heavy atom. The summed E-state index contributed by atoms with van der Waals surface area (Å²) in [6.07, 6.45) is 0. The van der Waals surface area contributed by atoms with Crippen molar-refractivity contribution in [3.05, 3.63) is 70.5 Å². The van der Waals surface area contributed by atoms with Gasteiger partial charge < -0.3 is 10.1 Å². The van der Waals surface area contributed by atoms with Crippen LogP contribution in [-0.4, -0.2) is 22.8 Å². The van der Waals surface area contributed by atoms with Crippen LogP contribution in [-0.2, 0) is 0 Å². The Balaban J connectivity index is 1.94. The van der Waals surface area contributed by atoms with Crippen LogP contribution in [0.5, 0.6) is 5.75 Å². The summed E-state index contributed by atoms with van der Waals surface area (Å²) in [6, 6.07) is 13.7. The Labute approximate surface area is 153 Å². The van der Waals surface area contributed by atoms with E-state index in [1.54, 1.807) is 11.8 Å². The predicted octanol–water partition coefficient (Wildman–Crippen LogP) is 4.37. The Kier molecular flexibility index (Phi) is 4.80. The van der Waals surface area contributed by atoms with Gasteiger partial charge in [-0.15, -0.1) is 0 Å². The standard InChI is InChI=1S/C21H23N3O2/c1-13-12-19(26-5)14(2)11-18(13)22-21(25)20-15(3)23-24(16(20)4)17-9-7-6-8-10-17/h6-12H,1-5H3,(H,22,25). The maximum Gasteiger partial charge on any atom is 0.259 e. The van der Waals surface area contributed by atoms with Gasteiger partial charge in [0.2, 0.25) is 0 Å². The SMILES string of the molecule is COc1cc(C)c(NC(=O)c2c(C)nn(-c3ccccc3)c2C)cc1C. The number of carbonyl (C=O) groups is 1. The van der Waals surface area contributed by atoms with Gasteiger partial charge in [-0.25, -0.2) is 4.68 Å². The lowest BCUT2D eigenvalue weighted by molar-refractivity contribution is 0.102. The van der Waals surface area contributed by atoms with Crippen LogP contribution in [0.25, 0.3) is 5.69 Å². The fraction of sp³-hybridized carbons (Fsp3) is 0.238. The molecule has 1 aromatic heterocycles. The Bertz CT molecular complexity index is 959. The van der Waals surface area contributed by atoms with Crippen LogP contribution < -0.4 is 10.1 Å². The molecule has 1 amide bonds. The molecule has 3 aromatic rings. The molecule has 0 radical (unpaired) electrons. The van der Waals surface area contributed by atoms with Crippen molar-refractivity contribution in [1.82, 2.24) is 9.78 Å². The summed E-state index contributed by atoms with van der Waals surface area (Å²) < 4.78 is 7.14. The summed E-state index contributed by atoms with van der Waals surface area (Å²) in [4.78, 5) is 12.9. The van der Waals surface area contributed by atoms with Crippen LogP contribution in [0, 0.1) is 27.7 Å². The van der Waals surface area contributed by atoms with Gasteiger partial charge in [-0.2, -0.15) is 5.10 Å². The first kappa shape index (κ1) is 17.7. The molecule has 1 N–H and O–H groups in total. The minimum absolute atomic E-state index is 0.158. The molecular weight excluding hydrogens is 326 g/mol. The molecule has 134 valence electrons. The average Bonchev–Trinajstić information content (AvgIpc) is 2.93. The number of carbonyl (C=O) groups excluding carboxylic acids is 1. The Hall–Kier alpha value is -3.08. The van der Waals surface area contributed by atoms with Gasteiger partial charge in [-0.05, 0) is 63.1 Å². The second kappa shape index (κ2) is 7.04. The highest BCUT2D eigenvalue weighted by atomic mass is 16.5. The molecule has 0 aliphatic rings. The van der Waals surface area contributed by atoms with Crippen molar-refractivity contribution in [2.45, 2.75) is 27.7 Å². The number of ether oxygens (including phenoxy) is 1. The average molecular weight is 349 g/mol. The summed E-state index contributed by atoms with van der Waals surface area (Å²) in [5, 5.41) is 7.56. The van der Waals surface area contributed by atoms with Crippen molar-refractivity contribution in [3.63, 3.8) is 0 Å². The Morgan fingerprint density at radius 3 is 2.38 bits per heavy atom. The number of benzene rings is 2. The number of hydrogen-bond acceptors (Lipinski definition) is 3. The number of nitrogens with one attached hydrogen (secondary N) is 1. The highest BCUT2D eigenvalue weighted by Crippen LogP contribution is 2.27. The molecule has 0 atom stereocenters. The van der Waals surface area contributed by atoms with Crippen molar-refractivity contribution in [1.29, 1.82) is 0 Å². The number of amides is 1. The van der Waals surface area contributed by atoms with E-state index in [0.717, 1.165) is 33.9 Å². The van der Waals surface area contributed by atoms with Gasteiger partial charge in [-0.1, -0.05) is 18.2 Å². The summed E-state index contributed by atoms with van der Waals surface area (Å²) in [5.41, 5.74) is 5.75. The predicted molar refractivity (Wildman–Crippen MR) is 103 cm³/mol. The molecule has 0 bridgehead atoms. The maximum atomic E-state index is 12.9. The van der Waals surface area contributed by atoms with Crippen LogP contribution >= 0.6 is 0 Å². The molecule has 26 heavy (non-hydrogen) atoms. The zero-order valence-electron chi connectivity index (χ0n) is 15.8. The highest BCUT2D eigenvalue weighted by Gasteiger charge is 2.20. The molecular formula is C21H23N3O2. The largest absolute Gasteiger partial charge is 0.496 e.